The maximum absolute atomic E-state index is 12.8. The standard InChI is InChI=1S/C19H32N6O3/c1-13(2)17-22-21-15-7-6-14(11-25(15)17)20-18(27)24-9-5-8-19(28,12-24)10-16(26)23(3)4/h13-14,28H,5-12H2,1-4H3,(H,20,27). The van der Waals surface area contributed by atoms with Crippen molar-refractivity contribution in [2.24, 2.45) is 0 Å². The predicted octanol–water partition coefficient (Wildman–Crippen LogP) is 0.731. The third kappa shape index (κ3) is 4.45. The molecular formula is C19H32N6O3. The third-order valence-electron chi connectivity index (χ3n) is 5.64. The van der Waals surface area contributed by atoms with Crippen LogP contribution in [0.5, 0.6) is 0 Å². The van der Waals surface area contributed by atoms with Crippen molar-refractivity contribution in [3.05, 3.63) is 11.6 Å². The van der Waals surface area contributed by atoms with Crippen LogP contribution in [0.15, 0.2) is 0 Å². The number of aryl methyl sites for hydroxylation is 1. The Morgan fingerprint density at radius 1 is 1.36 bits per heavy atom. The van der Waals surface area contributed by atoms with E-state index in [0.717, 1.165) is 24.5 Å². The van der Waals surface area contributed by atoms with Gasteiger partial charge in [-0.15, -0.1) is 10.2 Å². The Morgan fingerprint density at radius 2 is 2.11 bits per heavy atom. The number of aliphatic hydroxyl groups is 1. The minimum Gasteiger partial charge on any atom is -0.387 e. The lowest BCUT2D eigenvalue weighted by atomic mass is 9.89. The van der Waals surface area contributed by atoms with Crippen LogP contribution in [0.4, 0.5) is 4.79 Å². The number of carbonyl (C=O) groups is 2. The molecule has 2 aliphatic heterocycles. The van der Waals surface area contributed by atoms with Gasteiger partial charge in [0.1, 0.15) is 11.6 Å². The molecule has 2 unspecified atom stereocenters. The van der Waals surface area contributed by atoms with Crippen LogP contribution >= 0.6 is 0 Å². The molecule has 0 spiro atoms. The molecule has 3 rings (SSSR count). The summed E-state index contributed by atoms with van der Waals surface area (Å²) in [6, 6.07) is -0.171. The zero-order chi connectivity index (χ0) is 20.5. The molecule has 0 aliphatic carbocycles. The van der Waals surface area contributed by atoms with Crippen LogP contribution in [0.3, 0.4) is 0 Å². The van der Waals surface area contributed by atoms with E-state index in [4.69, 9.17) is 0 Å². The van der Waals surface area contributed by atoms with Gasteiger partial charge in [0.25, 0.3) is 0 Å². The van der Waals surface area contributed by atoms with Gasteiger partial charge < -0.3 is 24.8 Å². The van der Waals surface area contributed by atoms with Gasteiger partial charge in [0.05, 0.1) is 18.6 Å². The number of β-amino-alcohol motifs (C(OH)–C–C–N with tert-alkyl or cyclic N) is 1. The number of likely N-dealkylation sites (tertiary alicyclic amines) is 1. The summed E-state index contributed by atoms with van der Waals surface area (Å²) in [5.74, 6) is 2.08. The first-order valence-corrected chi connectivity index (χ1v) is 10.1. The highest BCUT2D eigenvalue weighted by atomic mass is 16.3. The number of hydrogen-bond acceptors (Lipinski definition) is 5. The summed E-state index contributed by atoms with van der Waals surface area (Å²) in [4.78, 5) is 27.9. The topological polar surface area (TPSA) is 104 Å². The normalized spacial score (nSPS) is 24.8. The van der Waals surface area contributed by atoms with Crippen LogP contribution in [0.1, 0.15) is 57.1 Å². The average Bonchev–Trinajstić information content (AvgIpc) is 3.04. The van der Waals surface area contributed by atoms with E-state index >= 15 is 0 Å². The summed E-state index contributed by atoms with van der Waals surface area (Å²) in [5, 5.41) is 22.5. The number of nitrogens with one attached hydrogen (secondary N) is 1. The van der Waals surface area contributed by atoms with E-state index in [9.17, 15) is 14.7 Å². The molecule has 1 aromatic heterocycles. The maximum Gasteiger partial charge on any atom is 0.317 e. The van der Waals surface area contributed by atoms with Crippen molar-refractivity contribution in [2.75, 3.05) is 27.2 Å². The molecule has 0 radical (unpaired) electrons. The first-order valence-electron chi connectivity index (χ1n) is 10.1. The van der Waals surface area contributed by atoms with Gasteiger partial charge in [-0.2, -0.15) is 0 Å². The minimum absolute atomic E-state index is 0.00641. The van der Waals surface area contributed by atoms with E-state index in [1.807, 2.05) is 0 Å². The molecule has 2 atom stereocenters. The van der Waals surface area contributed by atoms with Crippen LogP contribution in [0.25, 0.3) is 0 Å². The van der Waals surface area contributed by atoms with E-state index in [0.29, 0.717) is 25.9 Å². The fourth-order valence-corrected chi connectivity index (χ4v) is 4.03. The fraction of sp³-hybridized carbons (Fsp3) is 0.789. The van der Waals surface area contributed by atoms with Gasteiger partial charge in [0.15, 0.2) is 0 Å². The Hall–Kier alpha value is -2.16. The van der Waals surface area contributed by atoms with Crippen LogP contribution in [-0.2, 0) is 17.8 Å². The molecule has 0 aromatic carbocycles. The van der Waals surface area contributed by atoms with Gasteiger partial charge in [-0.25, -0.2) is 4.79 Å². The van der Waals surface area contributed by atoms with Crippen molar-refractivity contribution >= 4 is 11.9 Å². The number of amides is 3. The molecule has 1 fully saturated rings. The summed E-state index contributed by atoms with van der Waals surface area (Å²) in [5.41, 5.74) is -1.16. The highest BCUT2D eigenvalue weighted by molar-refractivity contribution is 5.77. The maximum atomic E-state index is 12.8. The zero-order valence-electron chi connectivity index (χ0n) is 17.3. The SMILES string of the molecule is CC(C)c1nnc2n1CC(NC(=O)N1CCCC(O)(CC(=O)N(C)C)C1)CC2. The first-order chi connectivity index (χ1) is 13.2. The molecule has 156 valence electrons. The Balaban J connectivity index is 1.60. The number of carbonyl (C=O) groups excluding carboxylic acids is 2. The fourth-order valence-electron chi connectivity index (χ4n) is 4.03. The second kappa shape index (κ2) is 8.06. The summed E-state index contributed by atoms with van der Waals surface area (Å²) in [7, 11) is 3.35. The van der Waals surface area contributed by atoms with Crippen LogP contribution in [-0.4, -0.2) is 80.4 Å². The van der Waals surface area contributed by atoms with E-state index in [2.05, 4.69) is 33.9 Å². The lowest BCUT2D eigenvalue weighted by Gasteiger charge is -2.40. The average molecular weight is 393 g/mol. The third-order valence-corrected chi connectivity index (χ3v) is 5.64. The molecule has 28 heavy (non-hydrogen) atoms. The summed E-state index contributed by atoms with van der Waals surface area (Å²) < 4.78 is 2.11. The molecule has 3 amide bonds. The predicted molar refractivity (Wildman–Crippen MR) is 104 cm³/mol. The van der Waals surface area contributed by atoms with Gasteiger partial charge in [-0.1, -0.05) is 13.8 Å². The van der Waals surface area contributed by atoms with Gasteiger partial charge in [0, 0.05) is 45.6 Å². The van der Waals surface area contributed by atoms with Crippen LogP contribution < -0.4 is 5.32 Å². The Labute approximate surface area is 166 Å². The Morgan fingerprint density at radius 3 is 2.79 bits per heavy atom. The quantitative estimate of drug-likeness (QED) is 0.786. The lowest BCUT2D eigenvalue weighted by Crippen LogP contribution is -2.56. The van der Waals surface area contributed by atoms with Crippen LogP contribution in [0, 0.1) is 0 Å². The molecule has 1 aromatic rings. The van der Waals surface area contributed by atoms with Crippen molar-refractivity contribution in [3.63, 3.8) is 0 Å². The van der Waals surface area contributed by atoms with Gasteiger partial charge in [0.2, 0.25) is 5.91 Å². The van der Waals surface area contributed by atoms with Crippen molar-refractivity contribution in [1.82, 2.24) is 29.9 Å². The second-order valence-corrected chi connectivity index (χ2v) is 8.64. The second-order valence-electron chi connectivity index (χ2n) is 8.64. The van der Waals surface area contributed by atoms with E-state index in [1.54, 1.807) is 19.0 Å². The van der Waals surface area contributed by atoms with Crippen LogP contribution in [0.2, 0.25) is 0 Å². The van der Waals surface area contributed by atoms with E-state index < -0.39 is 5.60 Å². The Kier molecular flexibility index (Phi) is 5.92. The molecule has 0 saturated carbocycles. The molecule has 2 N–H and O–H groups in total. The number of aromatic nitrogens is 3. The van der Waals surface area contributed by atoms with Crippen molar-refractivity contribution in [3.8, 4) is 0 Å². The zero-order valence-corrected chi connectivity index (χ0v) is 17.3. The van der Waals surface area contributed by atoms with Crippen molar-refractivity contribution < 1.29 is 14.7 Å². The summed E-state index contributed by atoms with van der Waals surface area (Å²) in [6.07, 6.45) is 2.85. The molecule has 9 heteroatoms. The Bertz CT molecular complexity index is 731. The van der Waals surface area contributed by atoms with Gasteiger partial charge in [-0.05, 0) is 19.3 Å². The summed E-state index contributed by atoms with van der Waals surface area (Å²) >= 11 is 0. The van der Waals surface area contributed by atoms with E-state index in [1.165, 1.54) is 4.90 Å². The number of hydrogen-bond donors (Lipinski definition) is 2. The number of piperidine rings is 1. The first kappa shape index (κ1) is 20.6. The smallest absolute Gasteiger partial charge is 0.317 e. The number of fused-ring (bicyclic) bond motifs is 1. The van der Waals surface area contributed by atoms with Crippen molar-refractivity contribution in [2.45, 2.75) is 70.1 Å². The molecule has 9 nitrogen and oxygen atoms in total. The van der Waals surface area contributed by atoms with Gasteiger partial charge >= 0.3 is 6.03 Å². The highest BCUT2D eigenvalue weighted by Crippen LogP contribution is 2.26. The lowest BCUT2D eigenvalue weighted by molar-refractivity contribution is -0.135. The van der Waals surface area contributed by atoms with Gasteiger partial charge in [-0.3, -0.25) is 4.79 Å². The molecule has 3 heterocycles. The number of rotatable bonds is 4. The largest absolute Gasteiger partial charge is 0.387 e. The summed E-state index contributed by atoms with van der Waals surface area (Å²) in [6.45, 7) is 5.61. The number of nitrogens with zero attached hydrogens (tertiary/aromatic N) is 5. The monoisotopic (exact) mass is 392 g/mol. The molecule has 0 bridgehead atoms. The van der Waals surface area contributed by atoms with E-state index in [-0.39, 0.29) is 36.9 Å². The molecular weight excluding hydrogens is 360 g/mol. The molecule has 2 aliphatic rings. The van der Waals surface area contributed by atoms with Crippen molar-refractivity contribution in [1.29, 1.82) is 0 Å². The molecule has 1 saturated heterocycles. The highest BCUT2D eigenvalue weighted by Gasteiger charge is 2.38. The minimum atomic E-state index is -1.16. The number of urea groups is 1.